The molecule has 3 heterocycles. The molecule has 2 aliphatic heterocycles. The Labute approximate surface area is 144 Å². The molecule has 24 heavy (non-hydrogen) atoms. The summed E-state index contributed by atoms with van der Waals surface area (Å²) >= 11 is 1.50. The molecule has 0 saturated carbocycles. The number of aldehydes is 1. The number of hydrogen-bond donors (Lipinski definition) is 2. The fourth-order valence-corrected chi connectivity index (χ4v) is 3.95. The highest BCUT2D eigenvalue weighted by Gasteiger charge is 2.27. The fourth-order valence-electron chi connectivity index (χ4n) is 2.96. The van der Waals surface area contributed by atoms with E-state index in [0.29, 0.717) is 23.8 Å². The van der Waals surface area contributed by atoms with Crippen LogP contribution in [0.25, 0.3) is 6.08 Å². The summed E-state index contributed by atoms with van der Waals surface area (Å²) < 4.78 is 0. The van der Waals surface area contributed by atoms with Crippen LogP contribution in [-0.4, -0.2) is 58.8 Å². The van der Waals surface area contributed by atoms with Crippen LogP contribution in [0.3, 0.4) is 0 Å². The van der Waals surface area contributed by atoms with Crippen LogP contribution in [0.5, 0.6) is 0 Å². The molecule has 0 bridgehead atoms. The first-order valence-corrected chi connectivity index (χ1v) is 8.95. The second-order valence-electron chi connectivity index (χ2n) is 5.91. The number of carbonyl (C=O) groups excluding carboxylic acids is 2. The first-order chi connectivity index (χ1) is 11.7. The van der Waals surface area contributed by atoms with E-state index in [4.69, 9.17) is 0 Å². The highest BCUT2D eigenvalue weighted by molar-refractivity contribution is 8.03. The molecule has 2 unspecified atom stereocenters. The van der Waals surface area contributed by atoms with E-state index in [0.717, 1.165) is 30.8 Å². The lowest BCUT2D eigenvalue weighted by Gasteiger charge is -2.31. The number of carbonyl (C=O) groups is 2. The third-order valence-electron chi connectivity index (χ3n) is 4.23. The van der Waals surface area contributed by atoms with Crippen LogP contribution >= 0.6 is 11.8 Å². The summed E-state index contributed by atoms with van der Waals surface area (Å²) in [6, 6.07) is 1.21. The molecule has 0 aliphatic carbocycles. The number of aliphatic hydroxyl groups is 1. The van der Waals surface area contributed by atoms with Gasteiger partial charge in [0.05, 0.1) is 5.69 Å². The number of nitrogens with one attached hydrogen (secondary N) is 1. The minimum atomic E-state index is -0.570. The van der Waals surface area contributed by atoms with Crippen molar-refractivity contribution in [1.29, 1.82) is 0 Å². The summed E-state index contributed by atoms with van der Waals surface area (Å²) in [5, 5.41) is 12.4. The SMILES string of the molecule is O=CC(=O)C1NCS/C1=C\c1ccnc(N2CCCC(CO)C2)n1. The van der Waals surface area contributed by atoms with E-state index >= 15 is 0 Å². The normalized spacial score (nSPS) is 25.9. The van der Waals surface area contributed by atoms with E-state index in [1.807, 2.05) is 6.08 Å². The molecule has 0 spiro atoms. The Morgan fingerprint density at radius 1 is 1.54 bits per heavy atom. The number of hydrogen-bond acceptors (Lipinski definition) is 8. The third-order valence-corrected chi connectivity index (χ3v) is 5.22. The van der Waals surface area contributed by atoms with E-state index in [1.54, 1.807) is 12.3 Å². The number of thioether (sulfide) groups is 1. The molecule has 1 aromatic heterocycles. The van der Waals surface area contributed by atoms with E-state index in [-0.39, 0.29) is 12.5 Å². The first-order valence-electron chi connectivity index (χ1n) is 7.97. The number of nitrogens with zero attached hydrogens (tertiary/aromatic N) is 3. The number of Topliss-reactive ketones (excluding diaryl/α,β-unsaturated/α-hetero) is 1. The standard InChI is InChI=1S/C16H20N4O3S/c21-8-11-2-1-5-20(7-11)16-17-4-3-12(19-16)6-14-15(13(23)9-22)18-10-24-14/h3-4,6,9,11,15,18,21H,1-2,5,7-8,10H2/b14-6-. The molecule has 0 amide bonds. The Morgan fingerprint density at radius 2 is 2.42 bits per heavy atom. The molecule has 1 aromatic rings. The van der Waals surface area contributed by atoms with Gasteiger partial charge in [-0.3, -0.25) is 14.9 Å². The van der Waals surface area contributed by atoms with Crippen molar-refractivity contribution in [2.45, 2.75) is 18.9 Å². The summed E-state index contributed by atoms with van der Waals surface area (Å²) in [7, 11) is 0. The largest absolute Gasteiger partial charge is 0.396 e. The number of aliphatic hydroxyl groups excluding tert-OH is 1. The molecular formula is C16H20N4O3S. The molecule has 3 rings (SSSR count). The zero-order valence-electron chi connectivity index (χ0n) is 13.2. The Bertz CT molecular complexity index is 652. The van der Waals surface area contributed by atoms with Crippen LogP contribution in [0.15, 0.2) is 17.2 Å². The molecule has 7 nitrogen and oxygen atoms in total. The Balaban J connectivity index is 1.79. The minimum absolute atomic E-state index is 0.179. The van der Waals surface area contributed by atoms with E-state index < -0.39 is 11.8 Å². The van der Waals surface area contributed by atoms with E-state index in [1.165, 1.54) is 11.8 Å². The van der Waals surface area contributed by atoms with Gasteiger partial charge in [-0.1, -0.05) is 0 Å². The van der Waals surface area contributed by atoms with Crippen molar-refractivity contribution in [3.63, 3.8) is 0 Å². The number of rotatable bonds is 5. The summed E-state index contributed by atoms with van der Waals surface area (Å²) in [5.41, 5.74) is 0.709. The molecule has 0 radical (unpaired) electrons. The van der Waals surface area contributed by atoms with Gasteiger partial charge >= 0.3 is 0 Å². The van der Waals surface area contributed by atoms with Gasteiger partial charge in [0.15, 0.2) is 6.29 Å². The quantitative estimate of drug-likeness (QED) is 0.585. The lowest BCUT2D eigenvalue weighted by atomic mass is 9.99. The van der Waals surface area contributed by atoms with Crippen LogP contribution in [0.4, 0.5) is 5.95 Å². The summed E-state index contributed by atoms with van der Waals surface area (Å²) in [5.74, 6) is 1.02. The van der Waals surface area contributed by atoms with Crippen molar-refractivity contribution in [2.75, 3.05) is 30.5 Å². The number of anilines is 1. The molecule has 0 aromatic carbocycles. The van der Waals surface area contributed by atoms with Crippen molar-refractivity contribution >= 4 is 35.9 Å². The van der Waals surface area contributed by atoms with Crippen molar-refractivity contribution in [3.8, 4) is 0 Å². The highest BCUT2D eigenvalue weighted by Crippen LogP contribution is 2.28. The molecule has 2 aliphatic rings. The molecule has 128 valence electrons. The second kappa shape index (κ2) is 7.87. The maximum atomic E-state index is 11.6. The van der Waals surface area contributed by atoms with Crippen LogP contribution in [0.1, 0.15) is 18.5 Å². The zero-order chi connectivity index (χ0) is 16.9. The first kappa shape index (κ1) is 17.1. The number of ketones is 1. The van der Waals surface area contributed by atoms with Gasteiger partial charge in [0.25, 0.3) is 0 Å². The van der Waals surface area contributed by atoms with Crippen molar-refractivity contribution in [2.24, 2.45) is 5.92 Å². The van der Waals surface area contributed by atoms with E-state index in [9.17, 15) is 14.7 Å². The predicted octanol–water partition coefficient (Wildman–Crippen LogP) is 0.457. The average Bonchev–Trinajstić information content (AvgIpc) is 3.09. The third kappa shape index (κ3) is 3.82. The number of aromatic nitrogens is 2. The number of piperidine rings is 1. The van der Waals surface area contributed by atoms with Crippen molar-refractivity contribution in [3.05, 3.63) is 22.9 Å². The Morgan fingerprint density at radius 3 is 3.21 bits per heavy atom. The lowest BCUT2D eigenvalue weighted by molar-refractivity contribution is -0.130. The Kier molecular flexibility index (Phi) is 5.60. The van der Waals surface area contributed by atoms with Crippen molar-refractivity contribution in [1.82, 2.24) is 15.3 Å². The highest BCUT2D eigenvalue weighted by atomic mass is 32.2. The van der Waals surface area contributed by atoms with Crippen LogP contribution in [-0.2, 0) is 9.59 Å². The Hall–Kier alpha value is -1.77. The summed E-state index contributed by atoms with van der Waals surface area (Å²) in [6.07, 6.45) is 5.91. The predicted molar refractivity (Wildman–Crippen MR) is 92.5 cm³/mol. The second-order valence-corrected chi connectivity index (χ2v) is 6.96. The molecule has 2 N–H and O–H groups in total. The lowest BCUT2D eigenvalue weighted by Crippen LogP contribution is -2.37. The summed E-state index contributed by atoms with van der Waals surface area (Å²) in [6.45, 7) is 1.80. The van der Waals surface area contributed by atoms with Crippen LogP contribution in [0.2, 0.25) is 0 Å². The minimum Gasteiger partial charge on any atom is -0.396 e. The summed E-state index contributed by atoms with van der Waals surface area (Å²) in [4.78, 5) is 34.2. The molecule has 2 saturated heterocycles. The smallest absolute Gasteiger partial charge is 0.225 e. The van der Waals surface area contributed by atoms with E-state index in [2.05, 4.69) is 20.2 Å². The fraction of sp³-hybridized carbons (Fsp3) is 0.500. The van der Waals surface area contributed by atoms with Gasteiger partial charge in [-0.2, -0.15) is 0 Å². The van der Waals surface area contributed by atoms with Gasteiger partial charge in [0.2, 0.25) is 11.7 Å². The van der Waals surface area contributed by atoms with Gasteiger partial charge in [0, 0.05) is 36.7 Å². The molecule has 2 fully saturated rings. The molecule has 2 atom stereocenters. The topological polar surface area (TPSA) is 95.4 Å². The monoisotopic (exact) mass is 348 g/mol. The average molecular weight is 348 g/mol. The van der Waals surface area contributed by atoms with Gasteiger partial charge < -0.3 is 10.0 Å². The molecule has 8 heteroatoms. The van der Waals surface area contributed by atoms with Crippen molar-refractivity contribution < 1.29 is 14.7 Å². The van der Waals surface area contributed by atoms with Gasteiger partial charge in [-0.25, -0.2) is 9.97 Å². The molecular weight excluding hydrogens is 328 g/mol. The van der Waals surface area contributed by atoms with Crippen LogP contribution < -0.4 is 10.2 Å². The van der Waals surface area contributed by atoms with Gasteiger partial charge in [-0.15, -0.1) is 11.8 Å². The maximum absolute atomic E-state index is 11.6. The van der Waals surface area contributed by atoms with Crippen LogP contribution in [0, 0.1) is 5.92 Å². The maximum Gasteiger partial charge on any atom is 0.225 e. The van der Waals surface area contributed by atoms with Gasteiger partial charge in [0.1, 0.15) is 6.04 Å². The zero-order valence-corrected chi connectivity index (χ0v) is 14.0. The van der Waals surface area contributed by atoms with Gasteiger partial charge in [-0.05, 0) is 30.9 Å².